The average Bonchev–Trinajstić information content (AvgIpc) is 2.83. The maximum absolute atomic E-state index is 5.38. The summed E-state index contributed by atoms with van der Waals surface area (Å²) < 4.78 is 5.38. The highest BCUT2D eigenvalue weighted by Crippen LogP contribution is 2.37. The zero-order valence-corrected chi connectivity index (χ0v) is 7.58. The first-order chi connectivity index (χ1) is 5.81. The van der Waals surface area contributed by atoms with Gasteiger partial charge in [-0.15, -0.1) is 0 Å². The van der Waals surface area contributed by atoms with Crippen LogP contribution in [0.2, 0.25) is 0 Å². The van der Waals surface area contributed by atoms with E-state index in [0.29, 0.717) is 12.2 Å². The van der Waals surface area contributed by atoms with Crippen LogP contribution in [0.25, 0.3) is 0 Å². The first-order valence-electron chi connectivity index (χ1n) is 4.55. The summed E-state index contributed by atoms with van der Waals surface area (Å²) in [7, 11) is 0. The molecule has 1 heterocycles. The second-order valence-corrected chi connectivity index (χ2v) is 3.36. The van der Waals surface area contributed by atoms with Gasteiger partial charge < -0.3 is 4.74 Å². The second-order valence-electron chi connectivity index (χ2n) is 3.36. The maximum atomic E-state index is 5.38. The molecule has 0 aromatic heterocycles. The van der Waals surface area contributed by atoms with Crippen LogP contribution < -0.4 is 0 Å². The summed E-state index contributed by atoms with van der Waals surface area (Å²) in [5.74, 6) is 0. The van der Waals surface area contributed by atoms with Crippen LogP contribution >= 0.6 is 0 Å². The summed E-state index contributed by atoms with van der Waals surface area (Å²) in [6.07, 6.45) is 1.91. The number of epoxide rings is 1. The lowest BCUT2D eigenvalue weighted by molar-refractivity contribution is 0.383. The predicted molar refractivity (Wildman–Crippen MR) is 49.1 cm³/mol. The lowest BCUT2D eigenvalue weighted by Gasteiger charge is -1.97. The molecule has 1 aliphatic rings. The van der Waals surface area contributed by atoms with E-state index in [1.54, 1.807) is 0 Å². The summed E-state index contributed by atoms with van der Waals surface area (Å²) >= 11 is 0. The minimum Gasteiger partial charge on any atom is -0.365 e. The summed E-state index contributed by atoms with van der Waals surface area (Å²) in [5, 5.41) is 0. The van der Waals surface area contributed by atoms with Crippen molar-refractivity contribution in [3.63, 3.8) is 0 Å². The Morgan fingerprint density at radius 1 is 1.25 bits per heavy atom. The van der Waals surface area contributed by atoms with Gasteiger partial charge in [0.15, 0.2) is 0 Å². The van der Waals surface area contributed by atoms with E-state index in [4.69, 9.17) is 4.74 Å². The Labute approximate surface area is 73.4 Å². The van der Waals surface area contributed by atoms with Crippen molar-refractivity contribution in [2.75, 3.05) is 0 Å². The average molecular weight is 162 g/mol. The molecule has 0 saturated carbocycles. The highest BCUT2D eigenvalue weighted by Gasteiger charge is 2.35. The van der Waals surface area contributed by atoms with Crippen molar-refractivity contribution < 1.29 is 4.74 Å². The molecule has 0 spiro atoms. The van der Waals surface area contributed by atoms with Crippen LogP contribution in [0.5, 0.6) is 0 Å². The Balaban J connectivity index is 2.14. The summed E-state index contributed by atoms with van der Waals surface area (Å²) in [4.78, 5) is 0. The molecular formula is C11H14O. The molecular weight excluding hydrogens is 148 g/mol. The molecule has 1 heteroatoms. The number of ether oxygens (including phenoxy) is 1. The van der Waals surface area contributed by atoms with Crippen LogP contribution in [-0.2, 0) is 11.2 Å². The molecule has 1 aliphatic heterocycles. The van der Waals surface area contributed by atoms with Crippen molar-refractivity contribution in [2.24, 2.45) is 0 Å². The number of aryl methyl sites for hydroxylation is 1. The Hall–Kier alpha value is -0.820. The lowest BCUT2D eigenvalue weighted by atomic mass is 10.1. The van der Waals surface area contributed by atoms with Gasteiger partial charge in [0.2, 0.25) is 0 Å². The van der Waals surface area contributed by atoms with Gasteiger partial charge in [0.1, 0.15) is 6.10 Å². The van der Waals surface area contributed by atoms with E-state index in [2.05, 4.69) is 38.1 Å². The van der Waals surface area contributed by atoms with Crippen LogP contribution in [0.15, 0.2) is 24.3 Å². The van der Waals surface area contributed by atoms with Crippen molar-refractivity contribution in [1.29, 1.82) is 0 Å². The fourth-order valence-electron chi connectivity index (χ4n) is 1.48. The van der Waals surface area contributed by atoms with Gasteiger partial charge in [-0.1, -0.05) is 31.2 Å². The van der Waals surface area contributed by atoms with E-state index < -0.39 is 0 Å². The predicted octanol–water partition coefficient (Wildman–Crippen LogP) is 2.71. The molecule has 0 radical (unpaired) electrons. The van der Waals surface area contributed by atoms with E-state index >= 15 is 0 Å². The highest BCUT2D eigenvalue weighted by atomic mass is 16.6. The van der Waals surface area contributed by atoms with E-state index in [1.807, 2.05) is 0 Å². The van der Waals surface area contributed by atoms with Gasteiger partial charge in [0, 0.05) is 0 Å². The van der Waals surface area contributed by atoms with Crippen molar-refractivity contribution in [3.05, 3.63) is 35.4 Å². The molecule has 1 fully saturated rings. The van der Waals surface area contributed by atoms with Crippen molar-refractivity contribution in [1.82, 2.24) is 0 Å². The standard InChI is InChI=1S/C11H14O/c1-3-9-4-6-10(7-5-9)11-8(2)12-11/h4-8,11H,3H2,1-2H3/t8-,11-/m0/s1. The van der Waals surface area contributed by atoms with Crippen molar-refractivity contribution >= 4 is 0 Å². The van der Waals surface area contributed by atoms with E-state index in [-0.39, 0.29) is 0 Å². The van der Waals surface area contributed by atoms with E-state index in [0.717, 1.165) is 6.42 Å². The minimum atomic E-state index is 0.371. The number of hydrogen-bond donors (Lipinski definition) is 0. The maximum Gasteiger partial charge on any atom is 0.109 e. The third kappa shape index (κ3) is 1.37. The Bertz CT molecular complexity index is 263. The topological polar surface area (TPSA) is 12.5 Å². The SMILES string of the molecule is CCc1ccc([C@H]2O[C@H]2C)cc1. The third-order valence-corrected chi connectivity index (χ3v) is 2.43. The zero-order valence-electron chi connectivity index (χ0n) is 7.58. The molecule has 0 amide bonds. The molecule has 12 heavy (non-hydrogen) atoms. The summed E-state index contributed by atoms with van der Waals surface area (Å²) in [6, 6.07) is 8.72. The highest BCUT2D eigenvalue weighted by molar-refractivity contribution is 5.26. The summed E-state index contributed by atoms with van der Waals surface area (Å²) in [6.45, 7) is 4.28. The molecule has 1 nitrogen and oxygen atoms in total. The molecule has 0 unspecified atom stereocenters. The van der Waals surface area contributed by atoms with Gasteiger partial charge in [-0.25, -0.2) is 0 Å². The van der Waals surface area contributed by atoms with Crippen LogP contribution in [0, 0.1) is 0 Å². The molecule has 0 aliphatic carbocycles. The molecule has 1 aromatic carbocycles. The summed E-state index contributed by atoms with van der Waals surface area (Å²) in [5.41, 5.74) is 2.71. The Kier molecular flexibility index (Phi) is 1.89. The second kappa shape index (κ2) is 2.91. The number of benzene rings is 1. The molecule has 64 valence electrons. The van der Waals surface area contributed by atoms with Gasteiger partial charge in [-0.2, -0.15) is 0 Å². The minimum absolute atomic E-state index is 0.371. The monoisotopic (exact) mass is 162 g/mol. The molecule has 2 rings (SSSR count). The first-order valence-corrected chi connectivity index (χ1v) is 4.55. The van der Waals surface area contributed by atoms with E-state index in [9.17, 15) is 0 Å². The van der Waals surface area contributed by atoms with Crippen LogP contribution in [0.1, 0.15) is 31.1 Å². The zero-order chi connectivity index (χ0) is 8.55. The number of rotatable bonds is 2. The molecule has 0 bridgehead atoms. The largest absolute Gasteiger partial charge is 0.365 e. The van der Waals surface area contributed by atoms with Gasteiger partial charge in [-0.05, 0) is 24.5 Å². The molecule has 1 saturated heterocycles. The first kappa shape index (κ1) is 7.81. The normalized spacial score (nSPS) is 27.2. The van der Waals surface area contributed by atoms with E-state index in [1.165, 1.54) is 11.1 Å². The van der Waals surface area contributed by atoms with Gasteiger partial charge in [0.25, 0.3) is 0 Å². The van der Waals surface area contributed by atoms with Crippen LogP contribution in [-0.4, -0.2) is 6.10 Å². The molecule has 0 N–H and O–H groups in total. The van der Waals surface area contributed by atoms with Gasteiger partial charge in [-0.3, -0.25) is 0 Å². The quantitative estimate of drug-likeness (QED) is 0.609. The van der Waals surface area contributed by atoms with Crippen LogP contribution in [0.4, 0.5) is 0 Å². The Morgan fingerprint density at radius 2 is 1.83 bits per heavy atom. The lowest BCUT2D eigenvalue weighted by Crippen LogP contribution is -1.85. The fraction of sp³-hybridized carbons (Fsp3) is 0.455. The Morgan fingerprint density at radius 3 is 2.25 bits per heavy atom. The van der Waals surface area contributed by atoms with Gasteiger partial charge in [0.05, 0.1) is 6.10 Å². The molecule has 2 atom stereocenters. The molecule has 1 aromatic rings. The van der Waals surface area contributed by atoms with Crippen LogP contribution in [0.3, 0.4) is 0 Å². The van der Waals surface area contributed by atoms with Crippen molar-refractivity contribution in [3.8, 4) is 0 Å². The van der Waals surface area contributed by atoms with Gasteiger partial charge >= 0.3 is 0 Å². The van der Waals surface area contributed by atoms with Crippen molar-refractivity contribution in [2.45, 2.75) is 32.5 Å². The smallest absolute Gasteiger partial charge is 0.109 e. The fourth-order valence-corrected chi connectivity index (χ4v) is 1.48. The third-order valence-electron chi connectivity index (χ3n) is 2.43. The number of hydrogen-bond acceptors (Lipinski definition) is 1.